The molecule has 2 amide bonds. The lowest BCUT2D eigenvalue weighted by atomic mass is 9.94. The molecule has 0 aromatic carbocycles. The molecule has 3 rings (SSSR count). The van der Waals surface area contributed by atoms with E-state index in [1.54, 1.807) is 0 Å². The fraction of sp³-hybridized carbons (Fsp3) is 0.882. The van der Waals surface area contributed by atoms with Gasteiger partial charge in [0.15, 0.2) is 0 Å². The van der Waals surface area contributed by atoms with Crippen molar-refractivity contribution in [3.8, 4) is 0 Å². The first-order valence-electron chi connectivity index (χ1n) is 9.05. The number of amides is 2. The smallest absolute Gasteiger partial charge is 0.227 e. The summed E-state index contributed by atoms with van der Waals surface area (Å²) in [5, 5.41) is 0. The molecule has 2 heterocycles. The van der Waals surface area contributed by atoms with Gasteiger partial charge >= 0.3 is 0 Å². The van der Waals surface area contributed by atoms with E-state index in [4.69, 9.17) is 10.5 Å². The second-order valence-electron chi connectivity index (χ2n) is 7.18. The Morgan fingerprint density at radius 1 is 1.00 bits per heavy atom. The molecular formula is C17H29N3O3. The van der Waals surface area contributed by atoms with Crippen molar-refractivity contribution in [1.82, 2.24) is 9.80 Å². The summed E-state index contributed by atoms with van der Waals surface area (Å²) in [6.45, 7) is 3.98. The van der Waals surface area contributed by atoms with Gasteiger partial charge in [-0.3, -0.25) is 9.59 Å². The molecular weight excluding hydrogens is 294 g/mol. The lowest BCUT2D eigenvalue weighted by Crippen LogP contribution is -2.49. The van der Waals surface area contributed by atoms with Crippen LogP contribution in [-0.4, -0.2) is 67.0 Å². The van der Waals surface area contributed by atoms with Crippen LogP contribution in [-0.2, 0) is 14.3 Å². The molecule has 6 nitrogen and oxygen atoms in total. The molecule has 23 heavy (non-hydrogen) atoms. The fourth-order valence-corrected chi connectivity index (χ4v) is 4.12. The highest BCUT2D eigenvalue weighted by molar-refractivity contribution is 5.81. The van der Waals surface area contributed by atoms with Crippen molar-refractivity contribution in [3.05, 3.63) is 0 Å². The van der Waals surface area contributed by atoms with Gasteiger partial charge in [0.1, 0.15) is 0 Å². The van der Waals surface area contributed by atoms with Crippen LogP contribution in [0.25, 0.3) is 0 Å². The molecule has 0 aromatic rings. The van der Waals surface area contributed by atoms with E-state index in [9.17, 15) is 9.59 Å². The summed E-state index contributed by atoms with van der Waals surface area (Å²) in [7, 11) is 0. The zero-order valence-electron chi connectivity index (χ0n) is 13.9. The molecule has 2 saturated heterocycles. The van der Waals surface area contributed by atoms with Crippen molar-refractivity contribution in [1.29, 1.82) is 0 Å². The highest BCUT2D eigenvalue weighted by Crippen LogP contribution is 2.28. The van der Waals surface area contributed by atoms with Gasteiger partial charge in [-0.15, -0.1) is 0 Å². The first-order valence-corrected chi connectivity index (χ1v) is 9.05. The monoisotopic (exact) mass is 323 g/mol. The highest BCUT2D eigenvalue weighted by atomic mass is 16.5. The van der Waals surface area contributed by atoms with E-state index in [-0.39, 0.29) is 23.8 Å². The summed E-state index contributed by atoms with van der Waals surface area (Å²) in [6.07, 6.45) is 5.61. The van der Waals surface area contributed by atoms with Crippen molar-refractivity contribution in [2.24, 2.45) is 17.6 Å². The van der Waals surface area contributed by atoms with Crippen LogP contribution >= 0.6 is 0 Å². The van der Waals surface area contributed by atoms with E-state index in [0.717, 1.165) is 38.6 Å². The predicted octanol–water partition coefficient (Wildman–Crippen LogP) is 0.601. The van der Waals surface area contributed by atoms with Gasteiger partial charge in [0.25, 0.3) is 0 Å². The number of piperidine rings is 1. The van der Waals surface area contributed by atoms with Crippen LogP contribution in [0.4, 0.5) is 0 Å². The SMILES string of the molecule is N[C@@H]1CCC[C@H]1CC(=O)N1CCCC(C(=O)N2CCOCC2)C1. The van der Waals surface area contributed by atoms with E-state index in [1.807, 2.05) is 9.80 Å². The zero-order chi connectivity index (χ0) is 16.2. The van der Waals surface area contributed by atoms with Gasteiger partial charge < -0.3 is 20.3 Å². The molecule has 6 heteroatoms. The molecule has 130 valence electrons. The third kappa shape index (κ3) is 4.04. The summed E-state index contributed by atoms with van der Waals surface area (Å²) >= 11 is 0. The Morgan fingerprint density at radius 2 is 1.78 bits per heavy atom. The van der Waals surface area contributed by atoms with Crippen LogP contribution in [0, 0.1) is 11.8 Å². The number of ether oxygens (including phenoxy) is 1. The highest BCUT2D eigenvalue weighted by Gasteiger charge is 2.33. The molecule has 2 N–H and O–H groups in total. The fourth-order valence-electron chi connectivity index (χ4n) is 4.12. The number of nitrogens with two attached hydrogens (primary N) is 1. The molecule has 1 saturated carbocycles. The minimum absolute atomic E-state index is 0.0388. The molecule has 3 atom stereocenters. The van der Waals surface area contributed by atoms with Crippen LogP contribution in [0.15, 0.2) is 0 Å². The van der Waals surface area contributed by atoms with Crippen molar-refractivity contribution in [2.45, 2.75) is 44.6 Å². The van der Waals surface area contributed by atoms with E-state index in [0.29, 0.717) is 45.2 Å². The first-order chi connectivity index (χ1) is 11.1. The van der Waals surface area contributed by atoms with Gasteiger partial charge in [-0.05, 0) is 31.6 Å². The minimum atomic E-state index is -0.0388. The van der Waals surface area contributed by atoms with Crippen LogP contribution in [0.1, 0.15) is 38.5 Å². The molecule has 3 fully saturated rings. The Hall–Kier alpha value is -1.14. The Morgan fingerprint density at radius 3 is 2.48 bits per heavy atom. The third-order valence-corrected chi connectivity index (χ3v) is 5.60. The molecule has 0 bridgehead atoms. The van der Waals surface area contributed by atoms with Gasteiger partial charge in [-0.1, -0.05) is 6.42 Å². The normalized spacial score (nSPS) is 32.1. The maximum absolute atomic E-state index is 12.6. The standard InChI is InChI=1S/C17H29N3O3/c18-15-5-1-3-13(15)11-16(21)20-6-2-4-14(12-20)17(22)19-7-9-23-10-8-19/h13-15H,1-12,18H2/t13-,14?,15+/m0/s1. The summed E-state index contributed by atoms with van der Waals surface area (Å²) in [5.41, 5.74) is 6.09. The van der Waals surface area contributed by atoms with Crippen LogP contribution < -0.4 is 5.73 Å². The molecule has 1 aliphatic carbocycles. The topological polar surface area (TPSA) is 75.9 Å². The average molecular weight is 323 g/mol. The lowest BCUT2D eigenvalue weighted by molar-refractivity contribution is -0.144. The Balaban J connectivity index is 1.52. The van der Waals surface area contributed by atoms with Gasteiger partial charge in [0, 0.05) is 38.6 Å². The lowest BCUT2D eigenvalue weighted by Gasteiger charge is -2.36. The van der Waals surface area contributed by atoms with E-state index >= 15 is 0 Å². The van der Waals surface area contributed by atoms with Gasteiger partial charge in [0.2, 0.25) is 11.8 Å². The summed E-state index contributed by atoms with van der Waals surface area (Å²) < 4.78 is 5.31. The Labute approximate surface area is 138 Å². The molecule has 0 aromatic heterocycles. The van der Waals surface area contributed by atoms with Crippen LogP contribution in [0.3, 0.4) is 0 Å². The second-order valence-corrected chi connectivity index (χ2v) is 7.18. The quantitative estimate of drug-likeness (QED) is 0.825. The van der Waals surface area contributed by atoms with Crippen molar-refractivity contribution < 1.29 is 14.3 Å². The van der Waals surface area contributed by atoms with Gasteiger partial charge in [-0.25, -0.2) is 0 Å². The zero-order valence-corrected chi connectivity index (χ0v) is 13.9. The maximum atomic E-state index is 12.6. The first kappa shape index (κ1) is 16.7. The number of hydrogen-bond donors (Lipinski definition) is 1. The average Bonchev–Trinajstić information content (AvgIpc) is 3.00. The summed E-state index contributed by atoms with van der Waals surface area (Å²) in [6, 6.07) is 0.175. The summed E-state index contributed by atoms with van der Waals surface area (Å²) in [5.74, 6) is 0.677. The number of likely N-dealkylation sites (tertiary alicyclic amines) is 1. The van der Waals surface area contributed by atoms with E-state index in [1.165, 1.54) is 0 Å². The number of morpholine rings is 1. The van der Waals surface area contributed by atoms with Crippen LogP contribution in [0.2, 0.25) is 0 Å². The molecule has 0 spiro atoms. The number of carbonyl (C=O) groups is 2. The number of carbonyl (C=O) groups excluding carboxylic acids is 2. The maximum Gasteiger partial charge on any atom is 0.227 e. The number of hydrogen-bond acceptors (Lipinski definition) is 4. The van der Waals surface area contributed by atoms with E-state index < -0.39 is 0 Å². The minimum Gasteiger partial charge on any atom is -0.378 e. The van der Waals surface area contributed by atoms with Gasteiger partial charge in [0.05, 0.1) is 19.1 Å². The molecule has 1 unspecified atom stereocenters. The van der Waals surface area contributed by atoms with E-state index in [2.05, 4.69) is 0 Å². The Kier molecular flexibility index (Phi) is 5.54. The molecule has 0 radical (unpaired) electrons. The van der Waals surface area contributed by atoms with Crippen molar-refractivity contribution in [3.63, 3.8) is 0 Å². The van der Waals surface area contributed by atoms with Crippen LogP contribution in [0.5, 0.6) is 0 Å². The molecule has 2 aliphatic heterocycles. The van der Waals surface area contributed by atoms with Crippen molar-refractivity contribution >= 4 is 11.8 Å². The number of rotatable bonds is 3. The Bertz CT molecular complexity index is 437. The predicted molar refractivity (Wildman–Crippen MR) is 86.6 cm³/mol. The second kappa shape index (κ2) is 7.62. The third-order valence-electron chi connectivity index (χ3n) is 5.60. The largest absolute Gasteiger partial charge is 0.378 e. The summed E-state index contributed by atoms with van der Waals surface area (Å²) in [4.78, 5) is 29.0. The number of nitrogens with zero attached hydrogens (tertiary/aromatic N) is 2. The van der Waals surface area contributed by atoms with Gasteiger partial charge in [-0.2, -0.15) is 0 Å². The molecule has 3 aliphatic rings. The van der Waals surface area contributed by atoms with Crippen molar-refractivity contribution in [2.75, 3.05) is 39.4 Å².